The van der Waals surface area contributed by atoms with Crippen LogP contribution in [0.25, 0.3) is 10.9 Å². The van der Waals surface area contributed by atoms with E-state index in [1.807, 2.05) is 26.8 Å². The summed E-state index contributed by atoms with van der Waals surface area (Å²) in [5, 5.41) is 3.73. The van der Waals surface area contributed by atoms with E-state index in [2.05, 4.69) is 10.3 Å². The van der Waals surface area contributed by atoms with Gasteiger partial charge in [-0.25, -0.2) is 4.98 Å². The number of hydrogen-bond acceptors (Lipinski definition) is 2. The first-order chi connectivity index (χ1) is 8.82. The van der Waals surface area contributed by atoms with Gasteiger partial charge in [0.2, 0.25) is 0 Å². The van der Waals surface area contributed by atoms with Crippen LogP contribution in [-0.4, -0.2) is 11.5 Å². The van der Waals surface area contributed by atoms with Crippen LogP contribution in [0, 0.1) is 13.8 Å². The second-order valence-electron chi connectivity index (χ2n) is 4.56. The van der Waals surface area contributed by atoms with E-state index >= 15 is 0 Å². The average Bonchev–Trinajstić information content (AvgIpc) is 2.26. The Hall–Kier alpha value is -1.78. The van der Waals surface area contributed by atoms with Crippen LogP contribution in [0.1, 0.15) is 23.7 Å². The van der Waals surface area contributed by atoms with E-state index in [0.29, 0.717) is 17.7 Å². The van der Waals surface area contributed by atoms with Crippen molar-refractivity contribution in [1.82, 2.24) is 4.98 Å². The van der Waals surface area contributed by atoms with E-state index in [9.17, 15) is 13.2 Å². The van der Waals surface area contributed by atoms with Crippen LogP contribution >= 0.6 is 0 Å². The zero-order valence-corrected chi connectivity index (χ0v) is 11.0. The van der Waals surface area contributed by atoms with Crippen molar-refractivity contribution in [1.29, 1.82) is 0 Å². The van der Waals surface area contributed by atoms with Crippen molar-refractivity contribution in [3.8, 4) is 0 Å². The quantitative estimate of drug-likeness (QED) is 0.878. The van der Waals surface area contributed by atoms with E-state index in [1.54, 1.807) is 6.07 Å². The molecule has 19 heavy (non-hydrogen) atoms. The maximum Gasteiger partial charge on any atom is 0.433 e. The van der Waals surface area contributed by atoms with Gasteiger partial charge in [-0.15, -0.1) is 0 Å². The second-order valence-corrected chi connectivity index (χ2v) is 4.56. The van der Waals surface area contributed by atoms with Crippen molar-refractivity contribution >= 4 is 16.6 Å². The maximum atomic E-state index is 12.8. The predicted octanol–water partition coefficient (Wildman–Crippen LogP) is 4.30. The lowest BCUT2D eigenvalue weighted by Gasteiger charge is -2.14. The van der Waals surface area contributed by atoms with Crippen LogP contribution in [0.2, 0.25) is 0 Å². The molecule has 1 aromatic heterocycles. The third-order valence-electron chi connectivity index (χ3n) is 2.91. The Labute approximate surface area is 109 Å². The summed E-state index contributed by atoms with van der Waals surface area (Å²) in [7, 11) is 0. The van der Waals surface area contributed by atoms with Crippen molar-refractivity contribution in [2.45, 2.75) is 26.9 Å². The number of nitrogens with one attached hydrogen (secondary N) is 1. The Balaban J connectivity index is 2.79. The molecular formula is C14H15F3N2. The molecule has 0 aliphatic carbocycles. The van der Waals surface area contributed by atoms with Crippen LogP contribution in [0.15, 0.2) is 18.2 Å². The molecule has 1 aromatic carbocycles. The summed E-state index contributed by atoms with van der Waals surface area (Å²) in [6, 6.07) is 4.70. The Kier molecular flexibility index (Phi) is 3.39. The van der Waals surface area contributed by atoms with Gasteiger partial charge in [-0.05, 0) is 44.0 Å². The number of fused-ring (bicyclic) bond motifs is 1. The lowest BCUT2D eigenvalue weighted by atomic mass is 10.0. The largest absolute Gasteiger partial charge is 0.433 e. The first-order valence-corrected chi connectivity index (χ1v) is 6.06. The third kappa shape index (κ3) is 2.64. The van der Waals surface area contributed by atoms with Crippen molar-refractivity contribution in [2.75, 3.05) is 11.9 Å². The van der Waals surface area contributed by atoms with E-state index < -0.39 is 11.9 Å². The number of nitrogens with zero attached hydrogens (tertiary/aromatic N) is 1. The minimum Gasteiger partial charge on any atom is -0.385 e. The summed E-state index contributed by atoms with van der Waals surface area (Å²) in [6.45, 7) is 6.14. The highest BCUT2D eigenvalue weighted by molar-refractivity contribution is 5.94. The summed E-state index contributed by atoms with van der Waals surface area (Å²) >= 11 is 0. The van der Waals surface area contributed by atoms with Crippen molar-refractivity contribution in [3.05, 3.63) is 35.0 Å². The topological polar surface area (TPSA) is 24.9 Å². The minimum absolute atomic E-state index is 0.378. The van der Waals surface area contributed by atoms with Crippen LogP contribution < -0.4 is 5.32 Å². The minimum atomic E-state index is -4.43. The number of halogens is 3. The molecule has 0 aliphatic heterocycles. The average molecular weight is 268 g/mol. The molecule has 0 saturated heterocycles. The standard InChI is InChI=1S/C14H15F3N2/c1-4-18-10-7-12(14(15,16)17)19-11-6-8(2)5-9(3)13(10)11/h5-7H,4H2,1-3H3,(H,18,19). The summed E-state index contributed by atoms with van der Waals surface area (Å²) in [5.74, 6) is 0. The first-order valence-electron chi connectivity index (χ1n) is 6.06. The molecule has 1 N–H and O–H groups in total. The third-order valence-corrected chi connectivity index (χ3v) is 2.91. The highest BCUT2D eigenvalue weighted by atomic mass is 19.4. The molecule has 0 unspecified atom stereocenters. The zero-order valence-electron chi connectivity index (χ0n) is 11.0. The molecule has 0 saturated carbocycles. The summed E-state index contributed by atoms with van der Waals surface area (Å²) in [6.07, 6.45) is -4.43. The zero-order chi connectivity index (χ0) is 14.2. The van der Waals surface area contributed by atoms with E-state index in [1.165, 1.54) is 0 Å². The van der Waals surface area contributed by atoms with Gasteiger partial charge >= 0.3 is 6.18 Å². The molecule has 102 valence electrons. The Morgan fingerprint density at radius 3 is 2.42 bits per heavy atom. The molecule has 5 heteroatoms. The molecule has 2 aromatic rings. The number of aromatic nitrogens is 1. The number of pyridine rings is 1. The van der Waals surface area contributed by atoms with E-state index in [-0.39, 0.29) is 0 Å². The second kappa shape index (κ2) is 4.72. The SMILES string of the molecule is CCNc1cc(C(F)(F)F)nc2cc(C)cc(C)c12. The summed E-state index contributed by atoms with van der Waals surface area (Å²) < 4.78 is 38.5. The number of alkyl halides is 3. The number of aryl methyl sites for hydroxylation is 2. The Morgan fingerprint density at radius 1 is 1.16 bits per heavy atom. The predicted molar refractivity (Wildman–Crippen MR) is 70.4 cm³/mol. The van der Waals surface area contributed by atoms with Crippen molar-refractivity contribution < 1.29 is 13.2 Å². The lowest BCUT2D eigenvalue weighted by Crippen LogP contribution is -2.10. The fraction of sp³-hybridized carbons (Fsp3) is 0.357. The summed E-state index contributed by atoms with van der Waals surface area (Å²) in [4.78, 5) is 3.75. The fourth-order valence-corrected chi connectivity index (χ4v) is 2.23. The van der Waals surface area contributed by atoms with Gasteiger partial charge in [-0.3, -0.25) is 0 Å². The number of anilines is 1. The van der Waals surface area contributed by atoms with Crippen molar-refractivity contribution in [2.24, 2.45) is 0 Å². The smallest absolute Gasteiger partial charge is 0.385 e. The Bertz CT molecular complexity index is 618. The van der Waals surface area contributed by atoms with Crippen LogP contribution in [0.3, 0.4) is 0 Å². The van der Waals surface area contributed by atoms with Crippen LogP contribution in [-0.2, 0) is 6.18 Å². The van der Waals surface area contributed by atoms with Crippen molar-refractivity contribution in [3.63, 3.8) is 0 Å². The van der Waals surface area contributed by atoms with Crippen LogP contribution in [0.4, 0.5) is 18.9 Å². The van der Waals surface area contributed by atoms with Gasteiger partial charge in [0.15, 0.2) is 0 Å². The molecule has 0 fully saturated rings. The molecule has 2 nitrogen and oxygen atoms in total. The maximum absolute atomic E-state index is 12.8. The highest BCUT2D eigenvalue weighted by Gasteiger charge is 2.33. The monoisotopic (exact) mass is 268 g/mol. The molecule has 0 aliphatic rings. The summed E-state index contributed by atoms with van der Waals surface area (Å²) in [5.41, 5.74) is 1.83. The van der Waals surface area contributed by atoms with E-state index in [0.717, 1.165) is 22.6 Å². The van der Waals surface area contributed by atoms with Gasteiger partial charge < -0.3 is 5.32 Å². The molecule has 0 amide bonds. The molecule has 0 spiro atoms. The molecule has 0 atom stereocenters. The first kappa shape index (κ1) is 13.6. The lowest BCUT2D eigenvalue weighted by molar-refractivity contribution is -0.140. The molecule has 0 bridgehead atoms. The number of rotatable bonds is 2. The van der Waals surface area contributed by atoms with Gasteiger partial charge in [0.1, 0.15) is 5.69 Å². The van der Waals surface area contributed by atoms with Gasteiger partial charge in [0, 0.05) is 17.6 Å². The number of benzene rings is 1. The van der Waals surface area contributed by atoms with E-state index in [4.69, 9.17) is 0 Å². The molecule has 2 rings (SSSR count). The van der Waals surface area contributed by atoms with Gasteiger partial charge in [0.05, 0.1) is 5.52 Å². The Morgan fingerprint density at radius 2 is 1.84 bits per heavy atom. The van der Waals surface area contributed by atoms with Gasteiger partial charge in [-0.2, -0.15) is 13.2 Å². The number of hydrogen-bond donors (Lipinski definition) is 1. The molecule has 0 radical (unpaired) electrons. The van der Waals surface area contributed by atoms with Crippen LogP contribution in [0.5, 0.6) is 0 Å². The van der Waals surface area contributed by atoms with Gasteiger partial charge in [-0.1, -0.05) is 6.07 Å². The normalized spacial score (nSPS) is 11.9. The fourth-order valence-electron chi connectivity index (χ4n) is 2.23. The van der Waals surface area contributed by atoms with Gasteiger partial charge in [0.25, 0.3) is 0 Å². The molecular weight excluding hydrogens is 253 g/mol. The molecule has 1 heterocycles. The highest BCUT2D eigenvalue weighted by Crippen LogP contribution is 2.34.